The fourth-order valence-corrected chi connectivity index (χ4v) is 1.25. The summed E-state index contributed by atoms with van der Waals surface area (Å²) in [7, 11) is 1.93. The standard InChI is InChI=1S/C10H16N2/c1-4-5-9-6-10(11-3)8(2)12-7-9/h6-7,11H,4-5H2,1-3H3. The molecule has 0 aromatic carbocycles. The van der Waals surface area contributed by atoms with Gasteiger partial charge < -0.3 is 5.32 Å². The lowest BCUT2D eigenvalue weighted by atomic mass is 10.1. The Kier molecular flexibility index (Phi) is 3.09. The van der Waals surface area contributed by atoms with Crippen LogP contribution in [-0.2, 0) is 6.42 Å². The first-order chi connectivity index (χ1) is 5.77. The van der Waals surface area contributed by atoms with Crippen LogP contribution in [0.25, 0.3) is 0 Å². The molecule has 0 aliphatic carbocycles. The molecule has 0 saturated carbocycles. The Morgan fingerprint density at radius 2 is 2.25 bits per heavy atom. The minimum absolute atomic E-state index is 1.07. The van der Waals surface area contributed by atoms with E-state index in [-0.39, 0.29) is 0 Å². The topological polar surface area (TPSA) is 24.9 Å². The predicted molar refractivity (Wildman–Crippen MR) is 52.5 cm³/mol. The third-order valence-corrected chi connectivity index (χ3v) is 1.95. The molecule has 0 amide bonds. The monoisotopic (exact) mass is 164 g/mol. The van der Waals surface area contributed by atoms with E-state index in [2.05, 4.69) is 23.3 Å². The van der Waals surface area contributed by atoms with Crippen LogP contribution in [0, 0.1) is 6.92 Å². The molecule has 0 fully saturated rings. The Labute approximate surface area is 74.0 Å². The highest BCUT2D eigenvalue weighted by molar-refractivity contribution is 5.48. The molecule has 0 aliphatic heterocycles. The van der Waals surface area contributed by atoms with Gasteiger partial charge in [0.2, 0.25) is 0 Å². The number of hydrogen-bond acceptors (Lipinski definition) is 2. The molecular formula is C10H16N2. The van der Waals surface area contributed by atoms with Crippen molar-refractivity contribution in [2.75, 3.05) is 12.4 Å². The van der Waals surface area contributed by atoms with Crippen LogP contribution < -0.4 is 5.32 Å². The molecule has 66 valence electrons. The van der Waals surface area contributed by atoms with E-state index in [1.807, 2.05) is 20.2 Å². The molecule has 2 nitrogen and oxygen atoms in total. The molecule has 1 heterocycles. The maximum atomic E-state index is 4.31. The number of nitrogens with zero attached hydrogens (tertiary/aromatic N) is 1. The summed E-state index contributed by atoms with van der Waals surface area (Å²) in [6.45, 7) is 4.19. The van der Waals surface area contributed by atoms with Crippen molar-refractivity contribution in [3.8, 4) is 0 Å². The first-order valence-corrected chi connectivity index (χ1v) is 4.41. The molecule has 1 aromatic heterocycles. The van der Waals surface area contributed by atoms with Gasteiger partial charge in [0.05, 0.1) is 11.4 Å². The van der Waals surface area contributed by atoms with Crippen LogP contribution in [0.4, 0.5) is 5.69 Å². The van der Waals surface area contributed by atoms with Crippen LogP contribution in [0.3, 0.4) is 0 Å². The quantitative estimate of drug-likeness (QED) is 0.742. The average molecular weight is 164 g/mol. The lowest BCUT2D eigenvalue weighted by Gasteiger charge is -2.06. The lowest BCUT2D eigenvalue weighted by molar-refractivity contribution is 0.911. The summed E-state index contributed by atoms with van der Waals surface area (Å²) in [6.07, 6.45) is 4.25. The molecule has 0 aliphatic rings. The Hall–Kier alpha value is -1.05. The van der Waals surface area contributed by atoms with Gasteiger partial charge in [-0.25, -0.2) is 0 Å². The third-order valence-electron chi connectivity index (χ3n) is 1.95. The van der Waals surface area contributed by atoms with Crippen molar-refractivity contribution in [1.29, 1.82) is 0 Å². The number of pyridine rings is 1. The normalized spacial score (nSPS) is 9.92. The Balaban J connectivity index is 2.89. The molecule has 0 saturated heterocycles. The van der Waals surface area contributed by atoms with Crippen LogP contribution in [0.2, 0.25) is 0 Å². The van der Waals surface area contributed by atoms with Gasteiger partial charge in [-0.1, -0.05) is 13.3 Å². The first-order valence-electron chi connectivity index (χ1n) is 4.41. The van der Waals surface area contributed by atoms with E-state index in [0.717, 1.165) is 17.8 Å². The van der Waals surface area contributed by atoms with Gasteiger partial charge in [-0.05, 0) is 25.0 Å². The molecule has 1 aromatic rings. The van der Waals surface area contributed by atoms with Gasteiger partial charge in [0.15, 0.2) is 0 Å². The van der Waals surface area contributed by atoms with Crippen LogP contribution >= 0.6 is 0 Å². The predicted octanol–water partition coefficient (Wildman–Crippen LogP) is 2.38. The van der Waals surface area contributed by atoms with Crippen LogP contribution in [0.1, 0.15) is 24.6 Å². The summed E-state index contributed by atoms with van der Waals surface area (Å²) in [6, 6.07) is 2.17. The number of hydrogen-bond donors (Lipinski definition) is 1. The van der Waals surface area contributed by atoms with Crippen LogP contribution in [0.5, 0.6) is 0 Å². The highest BCUT2D eigenvalue weighted by Gasteiger charge is 1.98. The van der Waals surface area contributed by atoms with Gasteiger partial charge in [0.25, 0.3) is 0 Å². The van der Waals surface area contributed by atoms with Crippen molar-refractivity contribution in [1.82, 2.24) is 4.98 Å². The minimum Gasteiger partial charge on any atom is -0.387 e. The minimum atomic E-state index is 1.07. The van der Waals surface area contributed by atoms with Crippen molar-refractivity contribution < 1.29 is 0 Å². The summed E-state index contributed by atoms with van der Waals surface area (Å²) in [5.74, 6) is 0. The van der Waals surface area contributed by atoms with Crippen LogP contribution in [0.15, 0.2) is 12.3 Å². The molecule has 1 rings (SSSR count). The van der Waals surface area contributed by atoms with Gasteiger partial charge in [-0.2, -0.15) is 0 Å². The number of anilines is 1. The molecule has 12 heavy (non-hydrogen) atoms. The number of nitrogens with one attached hydrogen (secondary N) is 1. The summed E-state index contributed by atoms with van der Waals surface area (Å²) < 4.78 is 0. The molecule has 0 atom stereocenters. The molecule has 0 unspecified atom stereocenters. The summed E-state index contributed by atoms with van der Waals surface area (Å²) in [4.78, 5) is 4.31. The van der Waals surface area contributed by atoms with Gasteiger partial charge in [0.1, 0.15) is 0 Å². The highest BCUT2D eigenvalue weighted by Crippen LogP contribution is 2.13. The maximum absolute atomic E-state index is 4.31. The molecule has 0 bridgehead atoms. The zero-order valence-electron chi connectivity index (χ0n) is 8.02. The van der Waals surface area contributed by atoms with Gasteiger partial charge in [-0.3, -0.25) is 4.98 Å². The lowest BCUT2D eigenvalue weighted by Crippen LogP contribution is -1.96. The first kappa shape index (κ1) is 9.04. The van der Waals surface area contributed by atoms with E-state index in [1.54, 1.807) is 0 Å². The molecular weight excluding hydrogens is 148 g/mol. The van der Waals surface area contributed by atoms with E-state index >= 15 is 0 Å². The Bertz CT molecular complexity index is 256. The van der Waals surface area contributed by atoms with E-state index in [1.165, 1.54) is 12.0 Å². The SMILES string of the molecule is CCCc1cnc(C)c(NC)c1. The summed E-state index contributed by atoms with van der Waals surface area (Å²) in [5.41, 5.74) is 3.52. The fraction of sp³-hybridized carbons (Fsp3) is 0.500. The van der Waals surface area contributed by atoms with Crippen molar-refractivity contribution >= 4 is 5.69 Å². The van der Waals surface area contributed by atoms with Gasteiger partial charge in [-0.15, -0.1) is 0 Å². The third kappa shape index (κ3) is 1.97. The van der Waals surface area contributed by atoms with Gasteiger partial charge >= 0.3 is 0 Å². The second-order valence-electron chi connectivity index (χ2n) is 2.98. The maximum Gasteiger partial charge on any atom is 0.0603 e. The Morgan fingerprint density at radius 3 is 2.83 bits per heavy atom. The fourth-order valence-electron chi connectivity index (χ4n) is 1.25. The smallest absolute Gasteiger partial charge is 0.0603 e. The van der Waals surface area contributed by atoms with Crippen molar-refractivity contribution in [3.05, 3.63) is 23.5 Å². The zero-order chi connectivity index (χ0) is 8.97. The molecule has 2 heteroatoms. The molecule has 1 N–H and O–H groups in total. The van der Waals surface area contributed by atoms with Gasteiger partial charge in [0, 0.05) is 13.2 Å². The second kappa shape index (κ2) is 4.10. The molecule has 0 spiro atoms. The van der Waals surface area contributed by atoms with Crippen molar-refractivity contribution in [2.24, 2.45) is 0 Å². The van der Waals surface area contributed by atoms with E-state index < -0.39 is 0 Å². The van der Waals surface area contributed by atoms with Crippen molar-refractivity contribution in [3.63, 3.8) is 0 Å². The largest absolute Gasteiger partial charge is 0.387 e. The zero-order valence-corrected chi connectivity index (χ0v) is 8.02. The summed E-state index contributed by atoms with van der Waals surface area (Å²) in [5, 5.41) is 3.13. The van der Waals surface area contributed by atoms with Crippen molar-refractivity contribution in [2.45, 2.75) is 26.7 Å². The van der Waals surface area contributed by atoms with E-state index in [0.29, 0.717) is 0 Å². The second-order valence-corrected chi connectivity index (χ2v) is 2.98. The van der Waals surface area contributed by atoms with E-state index in [4.69, 9.17) is 0 Å². The number of aromatic nitrogens is 1. The van der Waals surface area contributed by atoms with E-state index in [9.17, 15) is 0 Å². The summed E-state index contributed by atoms with van der Waals surface area (Å²) >= 11 is 0. The van der Waals surface area contributed by atoms with Crippen LogP contribution in [-0.4, -0.2) is 12.0 Å². The average Bonchev–Trinajstić information content (AvgIpc) is 2.09. The number of aryl methyl sites for hydroxylation is 2. The Morgan fingerprint density at radius 1 is 1.50 bits per heavy atom. The highest BCUT2D eigenvalue weighted by atomic mass is 14.9. The molecule has 0 radical (unpaired) electrons. The number of rotatable bonds is 3.